The highest BCUT2D eigenvalue weighted by Crippen LogP contribution is 2.23. The highest BCUT2D eigenvalue weighted by molar-refractivity contribution is 5.83. The van der Waals surface area contributed by atoms with Gasteiger partial charge in [-0.25, -0.2) is 0 Å². The molecule has 1 N–H and O–H groups in total. The fourth-order valence-corrected chi connectivity index (χ4v) is 2.62. The van der Waals surface area contributed by atoms with Crippen LogP contribution in [0.3, 0.4) is 0 Å². The van der Waals surface area contributed by atoms with Crippen LogP contribution in [-0.4, -0.2) is 44.0 Å². The third kappa shape index (κ3) is 4.21. The number of nitrogens with one attached hydrogen (secondary N) is 1. The SMILES string of the molecule is Cc1ccc(N2CCN(C)C(=O)C2)c(CNCC(C)C)c1. The van der Waals surface area contributed by atoms with Gasteiger partial charge in [-0.15, -0.1) is 0 Å². The smallest absolute Gasteiger partial charge is 0.241 e. The lowest BCUT2D eigenvalue weighted by atomic mass is 10.1. The Morgan fingerprint density at radius 3 is 2.71 bits per heavy atom. The predicted octanol–water partition coefficient (Wildman–Crippen LogP) is 2.02. The topological polar surface area (TPSA) is 35.6 Å². The Bertz CT molecular complexity index is 499. The van der Waals surface area contributed by atoms with Crippen LogP contribution in [0.5, 0.6) is 0 Å². The molecule has 1 fully saturated rings. The normalized spacial score (nSPS) is 16.0. The van der Waals surface area contributed by atoms with Gasteiger partial charge in [-0.3, -0.25) is 4.79 Å². The Morgan fingerprint density at radius 2 is 2.05 bits per heavy atom. The van der Waals surface area contributed by atoms with Crippen LogP contribution in [0.15, 0.2) is 18.2 Å². The summed E-state index contributed by atoms with van der Waals surface area (Å²) in [6.45, 7) is 10.6. The van der Waals surface area contributed by atoms with E-state index < -0.39 is 0 Å². The van der Waals surface area contributed by atoms with Gasteiger partial charge >= 0.3 is 0 Å². The maximum Gasteiger partial charge on any atom is 0.241 e. The number of aryl methyl sites for hydroxylation is 1. The van der Waals surface area contributed by atoms with Gasteiger partial charge in [0.05, 0.1) is 6.54 Å². The van der Waals surface area contributed by atoms with Crippen molar-refractivity contribution in [1.29, 1.82) is 0 Å². The van der Waals surface area contributed by atoms with Crippen molar-refractivity contribution < 1.29 is 4.79 Å². The molecule has 1 heterocycles. The van der Waals surface area contributed by atoms with Gasteiger partial charge in [0.2, 0.25) is 5.91 Å². The second-order valence-electron chi connectivity index (χ2n) is 6.39. The first-order valence-electron chi connectivity index (χ1n) is 7.76. The number of amides is 1. The van der Waals surface area contributed by atoms with Gasteiger partial charge in [0.15, 0.2) is 0 Å². The second-order valence-corrected chi connectivity index (χ2v) is 6.39. The number of benzene rings is 1. The summed E-state index contributed by atoms with van der Waals surface area (Å²) in [6.07, 6.45) is 0. The van der Waals surface area contributed by atoms with Crippen LogP contribution in [0.1, 0.15) is 25.0 Å². The summed E-state index contributed by atoms with van der Waals surface area (Å²) in [4.78, 5) is 15.9. The number of nitrogens with zero attached hydrogens (tertiary/aromatic N) is 2. The Balaban J connectivity index is 2.12. The maximum absolute atomic E-state index is 11.9. The molecule has 1 aromatic carbocycles. The van der Waals surface area contributed by atoms with Crippen molar-refractivity contribution in [1.82, 2.24) is 10.2 Å². The summed E-state index contributed by atoms with van der Waals surface area (Å²) in [7, 11) is 1.87. The number of piperazine rings is 1. The monoisotopic (exact) mass is 289 g/mol. The lowest BCUT2D eigenvalue weighted by molar-refractivity contribution is -0.129. The van der Waals surface area contributed by atoms with Crippen LogP contribution < -0.4 is 10.2 Å². The summed E-state index contributed by atoms with van der Waals surface area (Å²) in [5.74, 6) is 0.839. The summed E-state index contributed by atoms with van der Waals surface area (Å²) in [5, 5.41) is 3.51. The van der Waals surface area contributed by atoms with Crippen molar-refractivity contribution in [2.75, 3.05) is 38.1 Å². The van der Waals surface area contributed by atoms with Crippen LogP contribution in [0.4, 0.5) is 5.69 Å². The van der Waals surface area contributed by atoms with E-state index in [1.54, 1.807) is 4.90 Å². The van der Waals surface area contributed by atoms with Crippen LogP contribution in [0.25, 0.3) is 0 Å². The standard InChI is InChI=1S/C17H27N3O/c1-13(2)10-18-11-15-9-14(3)5-6-16(15)20-8-7-19(4)17(21)12-20/h5-6,9,13,18H,7-8,10-12H2,1-4H3. The Hall–Kier alpha value is -1.55. The summed E-state index contributed by atoms with van der Waals surface area (Å²) < 4.78 is 0. The molecular weight excluding hydrogens is 262 g/mol. The van der Waals surface area contributed by atoms with E-state index >= 15 is 0 Å². The van der Waals surface area contributed by atoms with Gasteiger partial charge in [-0.05, 0) is 31.0 Å². The molecule has 1 saturated heterocycles. The van der Waals surface area contributed by atoms with Gasteiger partial charge in [0, 0.05) is 32.4 Å². The number of anilines is 1. The Labute approximate surface area is 128 Å². The van der Waals surface area contributed by atoms with Crippen molar-refractivity contribution >= 4 is 11.6 Å². The minimum absolute atomic E-state index is 0.197. The highest BCUT2D eigenvalue weighted by atomic mass is 16.2. The molecule has 1 aliphatic rings. The van der Waals surface area contributed by atoms with E-state index in [2.05, 4.69) is 49.2 Å². The molecular formula is C17H27N3O. The van der Waals surface area contributed by atoms with Crippen molar-refractivity contribution in [2.45, 2.75) is 27.3 Å². The average Bonchev–Trinajstić information content (AvgIpc) is 2.42. The molecule has 4 heteroatoms. The van der Waals surface area contributed by atoms with Gasteiger partial charge in [-0.2, -0.15) is 0 Å². The Morgan fingerprint density at radius 1 is 1.29 bits per heavy atom. The zero-order valence-electron chi connectivity index (χ0n) is 13.6. The first kappa shape index (κ1) is 15.8. The predicted molar refractivity (Wildman–Crippen MR) is 87.6 cm³/mol. The zero-order valence-corrected chi connectivity index (χ0v) is 13.6. The third-order valence-corrected chi connectivity index (χ3v) is 3.90. The first-order valence-corrected chi connectivity index (χ1v) is 7.76. The van der Waals surface area contributed by atoms with Crippen LogP contribution in [0.2, 0.25) is 0 Å². The molecule has 4 nitrogen and oxygen atoms in total. The summed E-state index contributed by atoms with van der Waals surface area (Å²) in [6, 6.07) is 6.51. The van der Waals surface area contributed by atoms with Gasteiger partial charge in [-0.1, -0.05) is 31.5 Å². The molecule has 0 atom stereocenters. The molecule has 1 amide bonds. The molecule has 0 unspecified atom stereocenters. The Kier molecular flexibility index (Phi) is 5.23. The molecule has 0 aromatic heterocycles. The molecule has 0 saturated carbocycles. The number of carbonyl (C=O) groups excluding carboxylic acids is 1. The van der Waals surface area contributed by atoms with Crippen LogP contribution in [0, 0.1) is 12.8 Å². The molecule has 1 aliphatic heterocycles. The first-order chi connectivity index (χ1) is 9.97. The molecule has 0 radical (unpaired) electrons. The van der Waals surface area contributed by atoms with E-state index in [0.717, 1.165) is 26.2 Å². The molecule has 0 aliphatic carbocycles. The maximum atomic E-state index is 11.9. The molecule has 21 heavy (non-hydrogen) atoms. The summed E-state index contributed by atoms with van der Waals surface area (Å²) in [5.41, 5.74) is 3.74. The average molecular weight is 289 g/mol. The number of rotatable bonds is 5. The van der Waals surface area contributed by atoms with Crippen molar-refractivity contribution in [3.05, 3.63) is 29.3 Å². The number of hydrogen-bond donors (Lipinski definition) is 1. The quantitative estimate of drug-likeness (QED) is 0.901. The van der Waals surface area contributed by atoms with Crippen molar-refractivity contribution in [3.8, 4) is 0 Å². The lowest BCUT2D eigenvalue weighted by Crippen LogP contribution is -2.48. The highest BCUT2D eigenvalue weighted by Gasteiger charge is 2.22. The van der Waals surface area contributed by atoms with E-state index in [1.807, 2.05) is 7.05 Å². The second kappa shape index (κ2) is 6.94. The third-order valence-electron chi connectivity index (χ3n) is 3.90. The molecule has 116 valence electrons. The molecule has 0 spiro atoms. The van der Waals surface area contributed by atoms with E-state index in [9.17, 15) is 4.79 Å². The van der Waals surface area contributed by atoms with E-state index in [0.29, 0.717) is 12.5 Å². The number of likely N-dealkylation sites (N-methyl/N-ethyl adjacent to an activating group) is 1. The van der Waals surface area contributed by atoms with E-state index in [-0.39, 0.29) is 5.91 Å². The van der Waals surface area contributed by atoms with Crippen molar-refractivity contribution in [2.24, 2.45) is 5.92 Å². The van der Waals surface area contributed by atoms with Gasteiger partial charge < -0.3 is 15.1 Å². The summed E-state index contributed by atoms with van der Waals surface area (Å²) >= 11 is 0. The van der Waals surface area contributed by atoms with Gasteiger partial charge in [0.1, 0.15) is 0 Å². The minimum atomic E-state index is 0.197. The fraction of sp³-hybridized carbons (Fsp3) is 0.588. The van der Waals surface area contributed by atoms with Crippen LogP contribution in [-0.2, 0) is 11.3 Å². The molecule has 1 aromatic rings. The van der Waals surface area contributed by atoms with Crippen molar-refractivity contribution in [3.63, 3.8) is 0 Å². The number of carbonyl (C=O) groups is 1. The fourth-order valence-electron chi connectivity index (χ4n) is 2.62. The molecule has 0 bridgehead atoms. The van der Waals surface area contributed by atoms with E-state index in [4.69, 9.17) is 0 Å². The van der Waals surface area contributed by atoms with E-state index in [1.165, 1.54) is 16.8 Å². The lowest BCUT2D eigenvalue weighted by Gasteiger charge is -2.34. The zero-order chi connectivity index (χ0) is 15.4. The van der Waals surface area contributed by atoms with Crippen LogP contribution >= 0.6 is 0 Å². The largest absolute Gasteiger partial charge is 0.360 e. The molecule has 2 rings (SSSR count). The minimum Gasteiger partial charge on any atom is -0.360 e. The van der Waals surface area contributed by atoms with Gasteiger partial charge in [0.25, 0.3) is 0 Å². The number of hydrogen-bond acceptors (Lipinski definition) is 3.